The topological polar surface area (TPSA) is 52.6 Å². The normalized spacial score (nSPS) is 11.9. The third kappa shape index (κ3) is 6.49. The van der Waals surface area contributed by atoms with E-state index in [0.717, 1.165) is 24.2 Å². The van der Waals surface area contributed by atoms with E-state index in [1.54, 1.807) is 0 Å². The van der Waals surface area contributed by atoms with Crippen molar-refractivity contribution in [3.8, 4) is 5.75 Å². The highest BCUT2D eigenvalue weighted by atomic mass is 16.5. The van der Waals surface area contributed by atoms with Gasteiger partial charge in [-0.2, -0.15) is 0 Å². The van der Waals surface area contributed by atoms with Crippen LogP contribution in [0, 0.1) is 19.3 Å². The maximum atomic E-state index is 12.3. The summed E-state index contributed by atoms with van der Waals surface area (Å²) in [6, 6.07) is 13.0. The van der Waals surface area contributed by atoms with Crippen LogP contribution in [-0.2, 0) is 26.2 Å². The van der Waals surface area contributed by atoms with Crippen molar-refractivity contribution in [2.45, 2.75) is 86.5 Å². The standard InChI is InChI=1S/C30H42O4/c1-9-30(10-2,24-14-12-23(21(4)18-24)13-17-28(32)33-11-3)25-15-16-26(22(5)19-25)34-20-27(31)29(6,7)8/h12,14-16,18-19H,9-11,13,17,20H2,1-8H3. The van der Waals surface area contributed by atoms with Crippen molar-refractivity contribution in [1.29, 1.82) is 0 Å². The van der Waals surface area contributed by atoms with Crippen molar-refractivity contribution in [3.05, 3.63) is 64.2 Å². The molecule has 2 aromatic carbocycles. The number of hydrogen-bond donors (Lipinski definition) is 0. The maximum Gasteiger partial charge on any atom is 0.306 e. The number of carbonyl (C=O) groups excluding carboxylic acids is 2. The fourth-order valence-electron chi connectivity index (χ4n) is 4.45. The number of hydrogen-bond acceptors (Lipinski definition) is 4. The second-order valence-electron chi connectivity index (χ2n) is 10.2. The molecule has 4 heteroatoms. The van der Waals surface area contributed by atoms with Gasteiger partial charge in [-0.1, -0.05) is 65.0 Å². The van der Waals surface area contributed by atoms with Gasteiger partial charge in [0.15, 0.2) is 5.78 Å². The number of esters is 1. The first-order chi connectivity index (χ1) is 16.0. The summed E-state index contributed by atoms with van der Waals surface area (Å²) in [6.07, 6.45) is 3.02. The van der Waals surface area contributed by atoms with E-state index >= 15 is 0 Å². The van der Waals surface area contributed by atoms with Gasteiger partial charge in [-0.15, -0.1) is 0 Å². The molecule has 4 nitrogen and oxygen atoms in total. The number of benzene rings is 2. The third-order valence-electron chi connectivity index (χ3n) is 6.93. The van der Waals surface area contributed by atoms with Gasteiger partial charge in [-0.3, -0.25) is 9.59 Å². The summed E-state index contributed by atoms with van der Waals surface area (Å²) in [6.45, 7) is 16.7. The zero-order chi connectivity index (χ0) is 25.5. The van der Waals surface area contributed by atoms with Gasteiger partial charge < -0.3 is 9.47 Å². The number of rotatable bonds is 11. The molecule has 0 heterocycles. The molecule has 0 amide bonds. The second kappa shape index (κ2) is 11.7. The molecule has 0 N–H and O–H groups in total. The lowest BCUT2D eigenvalue weighted by Gasteiger charge is -2.34. The van der Waals surface area contributed by atoms with Gasteiger partial charge >= 0.3 is 5.97 Å². The molecule has 0 aliphatic rings. The molecule has 0 radical (unpaired) electrons. The highest BCUT2D eigenvalue weighted by Crippen LogP contribution is 2.41. The molecule has 0 aromatic heterocycles. The summed E-state index contributed by atoms with van der Waals surface area (Å²) >= 11 is 0. The summed E-state index contributed by atoms with van der Waals surface area (Å²) in [5.74, 6) is 0.698. The van der Waals surface area contributed by atoms with Crippen molar-refractivity contribution in [2.24, 2.45) is 5.41 Å². The molecule has 0 aliphatic heterocycles. The minimum absolute atomic E-state index is 0.0862. The molecular weight excluding hydrogens is 424 g/mol. The smallest absolute Gasteiger partial charge is 0.306 e. The monoisotopic (exact) mass is 466 g/mol. The van der Waals surface area contributed by atoms with Crippen LogP contribution in [0.5, 0.6) is 5.75 Å². The molecule has 2 rings (SSSR count). The molecule has 186 valence electrons. The molecule has 0 saturated carbocycles. The number of aryl methyl sites for hydroxylation is 3. The summed E-state index contributed by atoms with van der Waals surface area (Å²) in [5, 5.41) is 0. The lowest BCUT2D eigenvalue weighted by Crippen LogP contribution is -2.27. The van der Waals surface area contributed by atoms with Gasteiger partial charge in [-0.05, 0) is 73.9 Å². The lowest BCUT2D eigenvalue weighted by atomic mass is 9.69. The predicted molar refractivity (Wildman–Crippen MR) is 139 cm³/mol. The highest BCUT2D eigenvalue weighted by molar-refractivity contribution is 5.85. The van der Waals surface area contributed by atoms with Crippen molar-refractivity contribution in [2.75, 3.05) is 13.2 Å². The van der Waals surface area contributed by atoms with Crippen LogP contribution in [0.15, 0.2) is 36.4 Å². The van der Waals surface area contributed by atoms with Crippen LogP contribution >= 0.6 is 0 Å². The van der Waals surface area contributed by atoms with Crippen molar-refractivity contribution in [1.82, 2.24) is 0 Å². The Labute approximate surface area is 206 Å². The molecular formula is C30H42O4. The predicted octanol–water partition coefficient (Wildman–Crippen LogP) is 6.90. The van der Waals surface area contributed by atoms with E-state index in [4.69, 9.17) is 9.47 Å². The van der Waals surface area contributed by atoms with Crippen LogP contribution in [0.3, 0.4) is 0 Å². The van der Waals surface area contributed by atoms with Gasteiger partial charge in [0.2, 0.25) is 0 Å². The lowest BCUT2D eigenvalue weighted by molar-refractivity contribution is -0.143. The maximum absolute atomic E-state index is 12.3. The Morgan fingerprint density at radius 2 is 1.44 bits per heavy atom. The highest BCUT2D eigenvalue weighted by Gasteiger charge is 2.31. The molecule has 2 aromatic rings. The Morgan fingerprint density at radius 1 is 0.853 bits per heavy atom. The average Bonchev–Trinajstić information content (AvgIpc) is 2.78. The third-order valence-corrected chi connectivity index (χ3v) is 6.93. The zero-order valence-corrected chi connectivity index (χ0v) is 22.3. The fourth-order valence-corrected chi connectivity index (χ4v) is 4.45. The van der Waals surface area contributed by atoms with Crippen LogP contribution in [0.25, 0.3) is 0 Å². The zero-order valence-electron chi connectivity index (χ0n) is 22.3. The Morgan fingerprint density at radius 3 is 1.94 bits per heavy atom. The Kier molecular flexibility index (Phi) is 9.49. The molecule has 0 atom stereocenters. The Bertz CT molecular complexity index is 993. The Hall–Kier alpha value is -2.62. The van der Waals surface area contributed by atoms with Crippen LogP contribution in [-0.4, -0.2) is 25.0 Å². The summed E-state index contributed by atoms with van der Waals surface area (Å²) in [4.78, 5) is 24.1. The van der Waals surface area contributed by atoms with Gasteiger partial charge in [0.1, 0.15) is 12.4 Å². The molecule has 0 saturated heterocycles. The minimum atomic E-state index is -0.409. The number of carbonyl (C=O) groups is 2. The van der Waals surface area contributed by atoms with Gasteiger partial charge in [0.25, 0.3) is 0 Å². The molecule has 0 unspecified atom stereocenters. The molecule has 34 heavy (non-hydrogen) atoms. The fraction of sp³-hybridized carbons (Fsp3) is 0.533. The van der Waals surface area contributed by atoms with Gasteiger partial charge in [-0.25, -0.2) is 0 Å². The van der Waals surface area contributed by atoms with Crippen molar-refractivity contribution >= 4 is 11.8 Å². The summed E-state index contributed by atoms with van der Waals surface area (Å²) in [7, 11) is 0. The average molecular weight is 467 g/mol. The van der Waals surface area contributed by atoms with Crippen molar-refractivity contribution in [3.63, 3.8) is 0 Å². The largest absolute Gasteiger partial charge is 0.486 e. The van der Waals surface area contributed by atoms with E-state index in [-0.39, 0.29) is 23.8 Å². The second-order valence-corrected chi connectivity index (χ2v) is 10.2. The van der Waals surface area contributed by atoms with E-state index < -0.39 is 5.41 Å². The van der Waals surface area contributed by atoms with Gasteiger partial charge in [0, 0.05) is 17.3 Å². The molecule has 0 aliphatic carbocycles. The van der Waals surface area contributed by atoms with Crippen LogP contribution in [0.1, 0.15) is 88.6 Å². The van der Waals surface area contributed by atoms with E-state index in [9.17, 15) is 9.59 Å². The van der Waals surface area contributed by atoms with Gasteiger partial charge in [0.05, 0.1) is 6.61 Å². The quantitative estimate of drug-likeness (QED) is 0.338. The van der Waals surface area contributed by atoms with E-state index in [2.05, 4.69) is 51.1 Å². The van der Waals surface area contributed by atoms with Crippen LogP contribution < -0.4 is 4.74 Å². The number of Topliss-reactive ketones (excluding diaryl/α,β-unsaturated/α-hetero) is 1. The molecule has 0 bridgehead atoms. The summed E-state index contributed by atoms with van der Waals surface area (Å²) in [5.41, 5.74) is 5.43. The van der Waals surface area contributed by atoms with E-state index in [0.29, 0.717) is 19.4 Å². The van der Waals surface area contributed by atoms with Crippen molar-refractivity contribution < 1.29 is 19.1 Å². The summed E-state index contributed by atoms with van der Waals surface area (Å²) < 4.78 is 11.0. The Balaban J connectivity index is 2.30. The number of ketones is 1. The molecule has 0 fully saturated rings. The SMILES string of the molecule is CCOC(=O)CCc1ccc(C(CC)(CC)c2ccc(OCC(=O)C(C)(C)C)c(C)c2)cc1C. The van der Waals surface area contributed by atoms with E-state index in [1.165, 1.54) is 22.3 Å². The first kappa shape index (κ1) is 27.6. The minimum Gasteiger partial charge on any atom is -0.486 e. The van der Waals surface area contributed by atoms with E-state index in [1.807, 2.05) is 40.7 Å². The first-order valence-corrected chi connectivity index (χ1v) is 12.5. The first-order valence-electron chi connectivity index (χ1n) is 12.5. The van der Waals surface area contributed by atoms with Crippen LogP contribution in [0.2, 0.25) is 0 Å². The molecule has 0 spiro atoms. The number of ether oxygens (including phenoxy) is 2. The van der Waals surface area contributed by atoms with Crippen LogP contribution in [0.4, 0.5) is 0 Å².